The number of benzene rings is 1. The summed E-state index contributed by atoms with van der Waals surface area (Å²) in [5.74, 6) is -0.364. The number of hydrogen-bond donors (Lipinski definition) is 2. The second kappa shape index (κ2) is 7.88. The molecule has 2 aromatic rings. The maximum absolute atomic E-state index is 12.2. The molecule has 0 saturated heterocycles. The summed E-state index contributed by atoms with van der Waals surface area (Å²) in [6.45, 7) is 3.96. The number of nitrogens with one attached hydrogen (secondary N) is 1. The number of amides is 1. The van der Waals surface area contributed by atoms with Crippen molar-refractivity contribution in [1.82, 2.24) is 10.3 Å². The number of pyridine rings is 1. The number of aromatic nitrogens is 1. The predicted molar refractivity (Wildman–Crippen MR) is 90.8 cm³/mol. The molecule has 23 heavy (non-hydrogen) atoms. The molecule has 0 radical (unpaired) electrons. The Hall–Kier alpha value is -2.20. The summed E-state index contributed by atoms with van der Waals surface area (Å²) >= 11 is 0. The Labute approximate surface area is 137 Å². The predicted octanol–water partition coefficient (Wildman–Crippen LogP) is 2.64. The highest BCUT2D eigenvalue weighted by Gasteiger charge is 2.29. The first-order valence-corrected chi connectivity index (χ1v) is 7.99. The molecule has 0 bridgehead atoms. The van der Waals surface area contributed by atoms with Gasteiger partial charge in [-0.1, -0.05) is 37.3 Å². The zero-order valence-electron chi connectivity index (χ0n) is 13.7. The molecule has 2 N–H and O–H groups in total. The molecule has 1 aromatic heterocycles. The fourth-order valence-electron chi connectivity index (χ4n) is 2.35. The molecule has 4 nitrogen and oxygen atoms in total. The van der Waals surface area contributed by atoms with Gasteiger partial charge < -0.3 is 10.4 Å². The lowest BCUT2D eigenvalue weighted by Gasteiger charge is -2.22. The van der Waals surface area contributed by atoms with Gasteiger partial charge in [0, 0.05) is 6.20 Å². The fourth-order valence-corrected chi connectivity index (χ4v) is 2.35. The molecular formula is C19H24N2O2. The van der Waals surface area contributed by atoms with Crippen LogP contribution in [0.3, 0.4) is 0 Å². The number of nitrogens with zero attached hydrogens (tertiary/aromatic N) is 1. The van der Waals surface area contributed by atoms with Gasteiger partial charge >= 0.3 is 0 Å². The van der Waals surface area contributed by atoms with E-state index < -0.39 is 5.60 Å². The summed E-state index contributed by atoms with van der Waals surface area (Å²) in [5, 5.41) is 13.2. The van der Waals surface area contributed by atoms with Crippen molar-refractivity contribution in [3.63, 3.8) is 0 Å². The number of rotatable bonds is 7. The van der Waals surface area contributed by atoms with Crippen LogP contribution in [-0.4, -0.2) is 21.6 Å². The van der Waals surface area contributed by atoms with Crippen molar-refractivity contribution in [2.45, 2.75) is 45.3 Å². The van der Waals surface area contributed by atoms with E-state index in [-0.39, 0.29) is 5.91 Å². The van der Waals surface area contributed by atoms with E-state index in [9.17, 15) is 9.90 Å². The second-order valence-corrected chi connectivity index (χ2v) is 5.95. The maximum Gasteiger partial charge on any atom is 0.252 e. The summed E-state index contributed by atoms with van der Waals surface area (Å²) in [5.41, 5.74) is 1.70. The number of aliphatic hydroxyl groups is 1. The maximum atomic E-state index is 12.2. The normalized spacial score (nSPS) is 13.3. The van der Waals surface area contributed by atoms with Crippen molar-refractivity contribution in [2.75, 3.05) is 0 Å². The number of carbonyl (C=O) groups is 1. The van der Waals surface area contributed by atoms with Gasteiger partial charge in [0.05, 0.1) is 12.2 Å². The minimum atomic E-state index is -1.39. The van der Waals surface area contributed by atoms with E-state index in [1.165, 1.54) is 5.56 Å². The van der Waals surface area contributed by atoms with Crippen molar-refractivity contribution < 1.29 is 9.90 Å². The van der Waals surface area contributed by atoms with E-state index in [1.54, 1.807) is 13.1 Å². The first kappa shape index (κ1) is 17.2. The van der Waals surface area contributed by atoms with E-state index in [1.807, 2.05) is 42.5 Å². The molecule has 1 atom stereocenters. The Balaban J connectivity index is 1.87. The van der Waals surface area contributed by atoms with Crippen LogP contribution in [0.2, 0.25) is 0 Å². The van der Waals surface area contributed by atoms with Gasteiger partial charge in [-0.05, 0) is 49.4 Å². The van der Waals surface area contributed by atoms with Gasteiger partial charge in [0.25, 0.3) is 5.91 Å². The molecule has 0 aliphatic rings. The first-order chi connectivity index (χ1) is 11.0. The topological polar surface area (TPSA) is 62.2 Å². The third-order valence-electron chi connectivity index (χ3n) is 3.95. The number of hydrogen-bond acceptors (Lipinski definition) is 3. The number of aryl methyl sites for hydroxylation is 2. The molecule has 122 valence electrons. The van der Waals surface area contributed by atoms with Crippen molar-refractivity contribution >= 4 is 5.91 Å². The van der Waals surface area contributed by atoms with Gasteiger partial charge in [-0.2, -0.15) is 0 Å². The van der Waals surface area contributed by atoms with Crippen LogP contribution in [0.15, 0.2) is 48.7 Å². The molecule has 1 unspecified atom stereocenters. The van der Waals surface area contributed by atoms with Gasteiger partial charge in [0.15, 0.2) is 0 Å². The molecule has 0 saturated carbocycles. The summed E-state index contributed by atoms with van der Waals surface area (Å²) in [7, 11) is 0. The Bertz CT molecular complexity index is 639. The SMILES string of the molecule is CCc1ccnc(CNC(=O)C(C)(O)CCc2ccccc2)c1. The smallest absolute Gasteiger partial charge is 0.252 e. The van der Waals surface area contributed by atoms with Gasteiger partial charge in [-0.15, -0.1) is 0 Å². The van der Waals surface area contributed by atoms with E-state index in [4.69, 9.17) is 0 Å². The van der Waals surface area contributed by atoms with Crippen molar-refractivity contribution in [1.29, 1.82) is 0 Å². The van der Waals surface area contributed by atoms with Gasteiger partial charge in [-0.25, -0.2) is 0 Å². The summed E-state index contributed by atoms with van der Waals surface area (Å²) in [4.78, 5) is 16.5. The van der Waals surface area contributed by atoms with Crippen molar-refractivity contribution in [3.05, 3.63) is 65.5 Å². The molecule has 0 spiro atoms. The van der Waals surface area contributed by atoms with Crippen LogP contribution in [0.4, 0.5) is 0 Å². The highest BCUT2D eigenvalue weighted by molar-refractivity contribution is 5.84. The van der Waals surface area contributed by atoms with Crippen LogP contribution in [-0.2, 0) is 24.2 Å². The highest BCUT2D eigenvalue weighted by Crippen LogP contribution is 2.14. The van der Waals surface area contributed by atoms with E-state index >= 15 is 0 Å². The highest BCUT2D eigenvalue weighted by atomic mass is 16.3. The van der Waals surface area contributed by atoms with Crippen LogP contribution in [0.1, 0.15) is 37.1 Å². The molecule has 1 amide bonds. The minimum Gasteiger partial charge on any atom is -0.380 e. The average Bonchev–Trinajstić information content (AvgIpc) is 2.59. The minimum absolute atomic E-state index is 0.328. The zero-order valence-corrected chi connectivity index (χ0v) is 13.7. The van der Waals surface area contributed by atoms with Crippen LogP contribution in [0.5, 0.6) is 0 Å². The molecule has 4 heteroatoms. The van der Waals surface area contributed by atoms with Gasteiger partial charge in [0.2, 0.25) is 0 Å². The van der Waals surface area contributed by atoms with Crippen LogP contribution < -0.4 is 5.32 Å². The molecule has 0 fully saturated rings. The average molecular weight is 312 g/mol. The Morgan fingerprint density at radius 2 is 1.96 bits per heavy atom. The van der Waals surface area contributed by atoms with E-state index in [0.29, 0.717) is 19.4 Å². The summed E-state index contributed by atoms with van der Waals surface area (Å²) in [6.07, 6.45) is 3.71. The van der Waals surface area contributed by atoms with Gasteiger partial charge in [0.1, 0.15) is 5.60 Å². The second-order valence-electron chi connectivity index (χ2n) is 5.95. The molecule has 0 aliphatic heterocycles. The van der Waals surface area contributed by atoms with Crippen molar-refractivity contribution in [3.8, 4) is 0 Å². The number of carbonyl (C=O) groups excluding carboxylic acids is 1. The fraction of sp³-hybridized carbons (Fsp3) is 0.368. The van der Waals surface area contributed by atoms with Gasteiger partial charge in [-0.3, -0.25) is 9.78 Å². The molecule has 2 rings (SSSR count). The van der Waals surface area contributed by atoms with E-state index in [2.05, 4.69) is 17.2 Å². The van der Waals surface area contributed by atoms with Crippen LogP contribution in [0, 0.1) is 0 Å². The van der Waals surface area contributed by atoms with E-state index in [0.717, 1.165) is 17.7 Å². The standard InChI is InChI=1S/C19H24N2O2/c1-3-15-10-12-20-17(13-15)14-21-18(22)19(2,23)11-9-16-7-5-4-6-8-16/h4-8,10,12-13,23H,3,9,11,14H2,1-2H3,(H,21,22). The first-order valence-electron chi connectivity index (χ1n) is 7.99. The summed E-state index contributed by atoms with van der Waals surface area (Å²) < 4.78 is 0. The van der Waals surface area contributed by atoms with Crippen molar-refractivity contribution in [2.24, 2.45) is 0 Å². The Kier molecular flexibility index (Phi) is 5.88. The third-order valence-corrected chi connectivity index (χ3v) is 3.95. The summed E-state index contributed by atoms with van der Waals surface area (Å²) in [6, 6.07) is 13.8. The largest absolute Gasteiger partial charge is 0.380 e. The lowest BCUT2D eigenvalue weighted by atomic mass is 9.96. The monoisotopic (exact) mass is 312 g/mol. The quantitative estimate of drug-likeness (QED) is 0.826. The van der Waals surface area contributed by atoms with Crippen LogP contribution in [0.25, 0.3) is 0 Å². The van der Waals surface area contributed by atoms with Crippen LogP contribution >= 0.6 is 0 Å². The zero-order chi connectivity index (χ0) is 16.7. The molecule has 1 aromatic carbocycles. The molecule has 0 aliphatic carbocycles. The lowest BCUT2D eigenvalue weighted by molar-refractivity contribution is -0.138. The molecule has 1 heterocycles. The Morgan fingerprint density at radius 1 is 1.22 bits per heavy atom. The Morgan fingerprint density at radius 3 is 2.65 bits per heavy atom. The third kappa shape index (κ3) is 5.18. The lowest BCUT2D eigenvalue weighted by Crippen LogP contribution is -2.44. The molecular weight excluding hydrogens is 288 g/mol.